The van der Waals surface area contributed by atoms with Crippen LogP contribution in [-0.2, 0) is 23.1 Å². The van der Waals surface area contributed by atoms with Gasteiger partial charge in [0.05, 0.1) is 41.6 Å². The molecule has 0 unspecified atom stereocenters. The number of nitrogens with zero attached hydrogens (tertiary/aromatic N) is 4. The Morgan fingerprint density at radius 2 is 2.13 bits per heavy atom. The van der Waals surface area contributed by atoms with Gasteiger partial charge in [0, 0.05) is 5.56 Å². The molecule has 0 atom stereocenters. The second-order valence-electron chi connectivity index (χ2n) is 5.88. The fourth-order valence-corrected chi connectivity index (χ4v) is 4.15. The zero-order valence-electron chi connectivity index (χ0n) is 12.3. The van der Waals surface area contributed by atoms with E-state index in [9.17, 15) is 8.42 Å². The number of hydrogen-bond acceptors (Lipinski definition) is 5. The first-order valence-electron chi connectivity index (χ1n) is 7.39. The highest BCUT2D eigenvalue weighted by Crippen LogP contribution is 2.30. The summed E-state index contributed by atoms with van der Waals surface area (Å²) >= 11 is 0. The minimum Gasteiger partial charge on any atom is -0.300 e. The minimum absolute atomic E-state index is 0.260. The molecule has 1 aromatic heterocycles. The van der Waals surface area contributed by atoms with Gasteiger partial charge < -0.3 is 4.90 Å². The fraction of sp³-hybridized carbons (Fsp3) is 0.333. The molecule has 4 rings (SSSR count). The predicted molar refractivity (Wildman–Crippen MR) is 84.0 cm³/mol. The number of benzene rings is 1. The first-order chi connectivity index (χ1) is 11.1. The summed E-state index contributed by atoms with van der Waals surface area (Å²) < 4.78 is 28.5. The smallest absolute Gasteiger partial charge is 0.235 e. The van der Waals surface area contributed by atoms with E-state index in [-0.39, 0.29) is 5.25 Å². The Morgan fingerprint density at radius 1 is 1.30 bits per heavy atom. The van der Waals surface area contributed by atoms with Gasteiger partial charge in [0.2, 0.25) is 10.0 Å². The molecule has 1 aliphatic heterocycles. The topological polar surface area (TPSA) is 91.0 Å². The zero-order chi connectivity index (χ0) is 16.0. The van der Waals surface area contributed by atoms with E-state index in [2.05, 4.69) is 16.0 Å². The van der Waals surface area contributed by atoms with Crippen LogP contribution < -0.4 is 4.72 Å². The van der Waals surface area contributed by atoms with Gasteiger partial charge in [-0.2, -0.15) is 10.4 Å². The Balaban J connectivity index is 1.64. The summed E-state index contributed by atoms with van der Waals surface area (Å²) in [7, 11) is -3.28. The number of anilines is 1. The van der Waals surface area contributed by atoms with Crippen LogP contribution in [0.15, 0.2) is 30.5 Å². The van der Waals surface area contributed by atoms with Crippen molar-refractivity contribution < 1.29 is 8.42 Å². The van der Waals surface area contributed by atoms with E-state index in [1.165, 1.54) is 0 Å². The molecule has 7 nitrogen and oxygen atoms in total. The Kier molecular flexibility index (Phi) is 3.06. The monoisotopic (exact) mass is 329 g/mol. The summed E-state index contributed by atoms with van der Waals surface area (Å²) in [5.41, 5.74) is 3.31. The summed E-state index contributed by atoms with van der Waals surface area (Å²) in [6.45, 7) is 1.09. The molecule has 8 heteroatoms. The Bertz CT molecular complexity index is 908. The number of sulfonamides is 1. The maximum atomic E-state index is 12.1. The van der Waals surface area contributed by atoms with Crippen LogP contribution in [0.3, 0.4) is 0 Å². The van der Waals surface area contributed by atoms with Gasteiger partial charge in [-0.25, -0.2) is 13.1 Å². The number of fused-ring (bicyclic) bond motifs is 1. The number of aromatic nitrogens is 2. The van der Waals surface area contributed by atoms with Crippen LogP contribution in [-0.4, -0.2) is 28.3 Å². The molecule has 118 valence electrons. The molecule has 2 aliphatic rings. The zero-order valence-corrected chi connectivity index (χ0v) is 13.1. The fourth-order valence-electron chi connectivity index (χ4n) is 2.77. The predicted octanol–water partition coefficient (Wildman–Crippen LogP) is 1.57. The average molecular weight is 329 g/mol. The third-order valence-electron chi connectivity index (χ3n) is 4.11. The van der Waals surface area contributed by atoms with Gasteiger partial charge >= 0.3 is 0 Å². The number of nitriles is 1. The van der Waals surface area contributed by atoms with E-state index in [1.807, 2.05) is 6.07 Å². The number of hydrogen-bond donors (Lipinski definition) is 1. The molecule has 1 aliphatic carbocycles. The van der Waals surface area contributed by atoms with Gasteiger partial charge in [-0.1, -0.05) is 6.07 Å². The number of rotatable bonds is 4. The molecule has 1 saturated carbocycles. The van der Waals surface area contributed by atoms with E-state index in [4.69, 9.17) is 5.26 Å². The highest BCUT2D eigenvalue weighted by molar-refractivity contribution is 7.93. The van der Waals surface area contributed by atoms with Gasteiger partial charge in [0.25, 0.3) is 0 Å². The van der Waals surface area contributed by atoms with E-state index in [1.54, 1.807) is 34.0 Å². The van der Waals surface area contributed by atoms with Crippen LogP contribution in [0.25, 0.3) is 5.69 Å². The van der Waals surface area contributed by atoms with Gasteiger partial charge in [-0.05, 0) is 31.0 Å². The van der Waals surface area contributed by atoms with E-state index < -0.39 is 10.0 Å². The second-order valence-corrected chi connectivity index (χ2v) is 7.84. The standard InChI is InChI=1S/C15H15N5O2S/c16-10-19-8-11-7-17-20(15(11)9-19)13-3-1-2-12(6-13)18-23(21,22)14-4-5-14/h1-3,6-7,14,18H,4-5,8-9H2. The first kappa shape index (κ1) is 14.1. The second kappa shape index (κ2) is 4.99. The summed E-state index contributed by atoms with van der Waals surface area (Å²) in [6, 6.07) is 7.17. The Labute approximate surface area is 134 Å². The molecule has 0 saturated heterocycles. The third-order valence-corrected chi connectivity index (χ3v) is 5.98. The van der Waals surface area contributed by atoms with E-state index in [0.717, 1.165) is 29.8 Å². The van der Waals surface area contributed by atoms with Crippen molar-refractivity contribution in [2.75, 3.05) is 4.72 Å². The normalized spacial score (nSPS) is 16.9. The van der Waals surface area contributed by atoms with Crippen LogP contribution >= 0.6 is 0 Å². The van der Waals surface area contributed by atoms with Gasteiger partial charge in [-0.15, -0.1) is 0 Å². The van der Waals surface area contributed by atoms with Crippen molar-refractivity contribution in [2.45, 2.75) is 31.2 Å². The average Bonchev–Trinajstić information content (AvgIpc) is 3.20. The lowest BCUT2D eigenvalue weighted by Crippen LogP contribution is -2.17. The molecular weight excluding hydrogens is 314 g/mol. The van der Waals surface area contributed by atoms with Crippen LogP contribution in [0.5, 0.6) is 0 Å². The molecule has 1 aromatic carbocycles. The van der Waals surface area contributed by atoms with Crippen molar-refractivity contribution in [3.63, 3.8) is 0 Å². The molecular formula is C15H15N5O2S. The molecule has 2 heterocycles. The van der Waals surface area contributed by atoms with Crippen LogP contribution in [0, 0.1) is 11.5 Å². The summed E-state index contributed by atoms with van der Waals surface area (Å²) in [4.78, 5) is 1.66. The summed E-state index contributed by atoms with van der Waals surface area (Å²) in [6.07, 6.45) is 5.35. The molecule has 0 amide bonds. The molecule has 0 spiro atoms. The highest BCUT2D eigenvalue weighted by Gasteiger charge is 2.35. The first-order valence-corrected chi connectivity index (χ1v) is 8.94. The highest BCUT2D eigenvalue weighted by atomic mass is 32.2. The van der Waals surface area contributed by atoms with E-state index >= 15 is 0 Å². The Morgan fingerprint density at radius 3 is 2.87 bits per heavy atom. The molecule has 0 bridgehead atoms. The summed E-state index contributed by atoms with van der Waals surface area (Å²) in [5, 5.41) is 13.1. The lowest BCUT2D eigenvalue weighted by molar-refractivity contribution is 0.408. The molecule has 2 aromatic rings. The lowest BCUT2D eigenvalue weighted by atomic mass is 10.2. The minimum atomic E-state index is -3.28. The van der Waals surface area contributed by atoms with Crippen molar-refractivity contribution in [2.24, 2.45) is 0 Å². The van der Waals surface area contributed by atoms with Crippen molar-refractivity contribution >= 4 is 15.7 Å². The van der Waals surface area contributed by atoms with Gasteiger partial charge in [0.15, 0.2) is 6.19 Å². The lowest BCUT2D eigenvalue weighted by Gasteiger charge is -2.11. The summed E-state index contributed by atoms with van der Waals surface area (Å²) in [5.74, 6) is 0. The van der Waals surface area contributed by atoms with Crippen LogP contribution in [0.1, 0.15) is 24.1 Å². The third kappa shape index (κ3) is 2.53. The van der Waals surface area contributed by atoms with Crippen molar-refractivity contribution in [3.8, 4) is 11.9 Å². The largest absolute Gasteiger partial charge is 0.300 e. The number of nitrogens with one attached hydrogen (secondary N) is 1. The molecule has 1 N–H and O–H groups in total. The van der Waals surface area contributed by atoms with Gasteiger partial charge in [0.1, 0.15) is 0 Å². The quantitative estimate of drug-likeness (QED) is 0.860. The SMILES string of the molecule is N#CN1Cc2cnn(-c3cccc(NS(=O)(=O)C4CC4)c3)c2C1. The Hall–Kier alpha value is -2.53. The van der Waals surface area contributed by atoms with E-state index in [0.29, 0.717) is 18.8 Å². The van der Waals surface area contributed by atoms with Gasteiger partial charge in [-0.3, -0.25) is 4.72 Å². The molecule has 23 heavy (non-hydrogen) atoms. The maximum Gasteiger partial charge on any atom is 0.235 e. The maximum absolute atomic E-state index is 12.1. The van der Waals surface area contributed by atoms with Crippen molar-refractivity contribution in [3.05, 3.63) is 41.7 Å². The van der Waals surface area contributed by atoms with Crippen LogP contribution in [0.4, 0.5) is 5.69 Å². The molecule has 1 fully saturated rings. The van der Waals surface area contributed by atoms with Crippen molar-refractivity contribution in [1.29, 1.82) is 5.26 Å². The van der Waals surface area contributed by atoms with Crippen molar-refractivity contribution in [1.82, 2.24) is 14.7 Å². The van der Waals surface area contributed by atoms with Crippen LogP contribution in [0.2, 0.25) is 0 Å². The molecule has 0 radical (unpaired) electrons.